The standard InChI is InChI=1S/C26H23NO3S/c1-18-8-10-19(11-9-18)16-27-25(28)23(21-12-14-22(30-2)15-13-21)24(26(27)29)31-17-20-6-4-3-5-7-20/h3-15H,16-17H2,1-2H3. The number of hydrogen-bond donors (Lipinski definition) is 0. The molecule has 0 spiro atoms. The Morgan fingerprint density at radius 3 is 2.13 bits per heavy atom. The Bertz CT molecular complexity index is 1120. The van der Waals surface area contributed by atoms with Crippen LogP contribution in [0.1, 0.15) is 22.3 Å². The molecule has 0 N–H and O–H groups in total. The van der Waals surface area contributed by atoms with Gasteiger partial charge in [-0.15, -0.1) is 11.8 Å². The summed E-state index contributed by atoms with van der Waals surface area (Å²) in [6.07, 6.45) is 0. The van der Waals surface area contributed by atoms with Gasteiger partial charge in [0, 0.05) is 5.75 Å². The summed E-state index contributed by atoms with van der Waals surface area (Å²) in [4.78, 5) is 28.5. The Labute approximate surface area is 186 Å². The van der Waals surface area contributed by atoms with Gasteiger partial charge in [0.15, 0.2) is 0 Å². The van der Waals surface area contributed by atoms with E-state index >= 15 is 0 Å². The summed E-state index contributed by atoms with van der Waals surface area (Å²) in [5, 5.41) is 0. The van der Waals surface area contributed by atoms with Crippen LogP contribution in [-0.4, -0.2) is 23.8 Å². The molecule has 4 rings (SSSR count). The molecule has 0 saturated heterocycles. The summed E-state index contributed by atoms with van der Waals surface area (Å²) in [5.74, 6) is 0.826. The molecule has 31 heavy (non-hydrogen) atoms. The highest BCUT2D eigenvalue weighted by molar-refractivity contribution is 8.03. The van der Waals surface area contributed by atoms with Crippen molar-refractivity contribution in [1.82, 2.24) is 4.90 Å². The van der Waals surface area contributed by atoms with Crippen LogP contribution in [-0.2, 0) is 21.9 Å². The molecular formula is C26H23NO3S. The molecule has 156 valence electrons. The molecule has 0 unspecified atom stereocenters. The predicted molar refractivity (Wildman–Crippen MR) is 124 cm³/mol. The van der Waals surface area contributed by atoms with Crippen LogP contribution in [0.15, 0.2) is 83.8 Å². The quantitative estimate of drug-likeness (QED) is 0.483. The van der Waals surface area contributed by atoms with Gasteiger partial charge in [0.1, 0.15) is 5.75 Å². The summed E-state index contributed by atoms with van der Waals surface area (Å²) >= 11 is 1.41. The van der Waals surface area contributed by atoms with Crippen molar-refractivity contribution in [2.45, 2.75) is 19.2 Å². The number of carbonyl (C=O) groups excluding carboxylic acids is 2. The molecule has 5 heteroatoms. The fourth-order valence-electron chi connectivity index (χ4n) is 3.45. The lowest BCUT2D eigenvalue weighted by Gasteiger charge is -2.15. The molecule has 1 heterocycles. The molecule has 3 aromatic carbocycles. The van der Waals surface area contributed by atoms with Crippen LogP contribution in [0.3, 0.4) is 0 Å². The van der Waals surface area contributed by atoms with Gasteiger partial charge < -0.3 is 4.74 Å². The predicted octanol–water partition coefficient (Wildman–Crippen LogP) is 5.22. The zero-order chi connectivity index (χ0) is 21.8. The zero-order valence-electron chi connectivity index (χ0n) is 17.5. The Kier molecular flexibility index (Phi) is 6.23. The Morgan fingerprint density at radius 2 is 1.48 bits per heavy atom. The summed E-state index contributed by atoms with van der Waals surface area (Å²) in [7, 11) is 1.60. The number of aryl methyl sites for hydroxylation is 1. The summed E-state index contributed by atoms with van der Waals surface area (Å²) in [6.45, 7) is 2.27. The van der Waals surface area contributed by atoms with Crippen molar-refractivity contribution in [3.8, 4) is 5.75 Å². The SMILES string of the molecule is COc1ccc(C2=C(SCc3ccccc3)C(=O)N(Cc3ccc(C)cc3)C2=O)cc1. The van der Waals surface area contributed by atoms with E-state index in [1.165, 1.54) is 16.7 Å². The number of ether oxygens (including phenoxy) is 1. The lowest BCUT2D eigenvalue weighted by atomic mass is 10.1. The van der Waals surface area contributed by atoms with E-state index in [4.69, 9.17) is 4.74 Å². The van der Waals surface area contributed by atoms with Crippen LogP contribution < -0.4 is 4.74 Å². The van der Waals surface area contributed by atoms with Crippen LogP contribution in [0.4, 0.5) is 0 Å². The highest BCUT2D eigenvalue weighted by Gasteiger charge is 2.39. The Hall–Kier alpha value is -3.31. The van der Waals surface area contributed by atoms with Gasteiger partial charge in [-0.2, -0.15) is 0 Å². The first-order valence-electron chi connectivity index (χ1n) is 10.0. The molecule has 0 fully saturated rings. The molecule has 0 aromatic heterocycles. The third-order valence-electron chi connectivity index (χ3n) is 5.19. The van der Waals surface area contributed by atoms with Crippen molar-refractivity contribution in [2.75, 3.05) is 7.11 Å². The van der Waals surface area contributed by atoms with Gasteiger partial charge in [-0.25, -0.2) is 0 Å². The van der Waals surface area contributed by atoms with Crippen LogP contribution in [0.5, 0.6) is 5.75 Å². The molecule has 1 aliphatic rings. The smallest absolute Gasteiger partial charge is 0.268 e. The summed E-state index contributed by atoms with van der Waals surface area (Å²) in [5.41, 5.74) is 4.35. The fourth-order valence-corrected chi connectivity index (χ4v) is 4.54. The zero-order valence-corrected chi connectivity index (χ0v) is 18.3. The maximum Gasteiger partial charge on any atom is 0.268 e. The van der Waals surface area contributed by atoms with Gasteiger partial charge in [-0.3, -0.25) is 14.5 Å². The maximum absolute atomic E-state index is 13.4. The van der Waals surface area contributed by atoms with Crippen molar-refractivity contribution >= 4 is 29.1 Å². The first-order chi connectivity index (χ1) is 15.1. The van der Waals surface area contributed by atoms with E-state index in [9.17, 15) is 9.59 Å². The first-order valence-corrected chi connectivity index (χ1v) is 11.0. The lowest BCUT2D eigenvalue weighted by molar-refractivity contribution is -0.137. The van der Waals surface area contributed by atoms with Crippen molar-refractivity contribution in [3.63, 3.8) is 0 Å². The Morgan fingerprint density at radius 1 is 0.806 bits per heavy atom. The van der Waals surface area contributed by atoms with Gasteiger partial charge in [-0.1, -0.05) is 72.3 Å². The number of methoxy groups -OCH3 is 1. The normalized spacial score (nSPS) is 13.8. The van der Waals surface area contributed by atoms with Crippen molar-refractivity contribution in [1.29, 1.82) is 0 Å². The van der Waals surface area contributed by atoms with E-state index in [0.29, 0.717) is 22.0 Å². The number of rotatable bonds is 7. The van der Waals surface area contributed by atoms with Crippen LogP contribution >= 0.6 is 11.8 Å². The highest BCUT2D eigenvalue weighted by Crippen LogP contribution is 2.38. The van der Waals surface area contributed by atoms with E-state index in [1.54, 1.807) is 7.11 Å². The number of carbonyl (C=O) groups is 2. The second-order valence-electron chi connectivity index (χ2n) is 7.39. The largest absolute Gasteiger partial charge is 0.497 e. The van der Waals surface area contributed by atoms with Gasteiger partial charge in [-0.05, 0) is 35.7 Å². The van der Waals surface area contributed by atoms with Gasteiger partial charge in [0.05, 0.1) is 24.1 Å². The van der Waals surface area contributed by atoms with Crippen molar-refractivity contribution in [2.24, 2.45) is 0 Å². The van der Waals surface area contributed by atoms with Crippen LogP contribution in [0.25, 0.3) is 5.57 Å². The molecule has 4 nitrogen and oxygen atoms in total. The van der Waals surface area contributed by atoms with E-state index in [0.717, 1.165) is 22.3 Å². The summed E-state index contributed by atoms with van der Waals surface area (Å²) in [6, 6.07) is 25.1. The number of benzene rings is 3. The maximum atomic E-state index is 13.4. The average Bonchev–Trinajstić information content (AvgIpc) is 3.04. The molecule has 0 bridgehead atoms. The molecule has 0 saturated carbocycles. The second kappa shape index (κ2) is 9.23. The summed E-state index contributed by atoms with van der Waals surface area (Å²) < 4.78 is 5.24. The number of nitrogens with zero attached hydrogens (tertiary/aromatic N) is 1. The molecule has 0 radical (unpaired) electrons. The number of imide groups is 1. The minimum atomic E-state index is -0.258. The van der Waals surface area contributed by atoms with E-state index in [1.807, 2.05) is 85.8 Å². The van der Waals surface area contributed by atoms with E-state index < -0.39 is 0 Å². The number of amides is 2. The van der Waals surface area contributed by atoms with Gasteiger partial charge in [0.25, 0.3) is 11.8 Å². The van der Waals surface area contributed by atoms with Crippen molar-refractivity contribution < 1.29 is 14.3 Å². The first kappa shape index (κ1) is 20.9. The van der Waals surface area contributed by atoms with Crippen LogP contribution in [0, 0.1) is 6.92 Å². The molecule has 3 aromatic rings. The van der Waals surface area contributed by atoms with Gasteiger partial charge in [0.2, 0.25) is 0 Å². The molecule has 0 aliphatic carbocycles. The second-order valence-corrected chi connectivity index (χ2v) is 8.37. The van der Waals surface area contributed by atoms with Gasteiger partial charge >= 0.3 is 0 Å². The van der Waals surface area contributed by atoms with Crippen molar-refractivity contribution in [3.05, 3.63) is 106 Å². The minimum Gasteiger partial charge on any atom is -0.497 e. The monoisotopic (exact) mass is 429 g/mol. The van der Waals surface area contributed by atoms with Crippen LogP contribution in [0.2, 0.25) is 0 Å². The number of hydrogen-bond acceptors (Lipinski definition) is 4. The third-order valence-corrected chi connectivity index (χ3v) is 6.34. The molecule has 2 amide bonds. The third kappa shape index (κ3) is 4.57. The van der Waals surface area contributed by atoms with E-state index in [2.05, 4.69) is 0 Å². The number of thioether (sulfide) groups is 1. The molecular weight excluding hydrogens is 406 g/mol. The highest BCUT2D eigenvalue weighted by atomic mass is 32.2. The lowest BCUT2D eigenvalue weighted by Crippen LogP contribution is -2.30. The minimum absolute atomic E-state index is 0.239. The fraction of sp³-hybridized carbons (Fsp3) is 0.154. The molecule has 0 atom stereocenters. The van der Waals surface area contributed by atoms with E-state index in [-0.39, 0.29) is 18.4 Å². The molecule has 1 aliphatic heterocycles. The average molecular weight is 430 g/mol. The topological polar surface area (TPSA) is 46.6 Å². The Balaban J connectivity index is 1.66.